The van der Waals surface area contributed by atoms with E-state index in [0.29, 0.717) is 24.5 Å². The molecule has 136 valence electrons. The van der Waals surface area contributed by atoms with Crippen LogP contribution in [0, 0.1) is 5.82 Å². The number of nitrogens with one attached hydrogen (secondary N) is 1. The number of rotatable bonds is 7. The number of nitrogens with two attached hydrogens (primary N) is 1. The topological polar surface area (TPSA) is 98.0 Å². The summed E-state index contributed by atoms with van der Waals surface area (Å²) >= 11 is 1.45. The van der Waals surface area contributed by atoms with Crippen LogP contribution < -0.4 is 10.5 Å². The molecule has 2 aromatic carbocycles. The lowest BCUT2D eigenvalue weighted by Crippen LogP contribution is -2.12. The number of hydrogen-bond acceptors (Lipinski definition) is 6. The molecular weight excluding hydrogens is 375 g/mol. The summed E-state index contributed by atoms with van der Waals surface area (Å²) in [4.78, 5) is 0.101. The lowest BCUT2D eigenvalue weighted by Gasteiger charge is -2.04. The van der Waals surface area contributed by atoms with Gasteiger partial charge >= 0.3 is 0 Å². The second-order valence-electron chi connectivity index (χ2n) is 5.67. The van der Waals surface area contributed by atoms with Crippen LogP contribution in [0.4, 0.5) is 9.52 Å². The first-order valence-electron chi connectivity index (χ1n) is 7.82. The number of sulfonamides is 1. The van der Waals surface area contributed by atoms with Gasteiger partial charge in [-0.1, -0.05) is 35.6 Å². The summed E-state index contributed by atoms with van der Waals surface area (Å²) in [6.07, 6.45) is 1.31. The van der Waals surface area contributed by atoms with Crippen LogP contribution in [0.25, 0.3) is 0 Å². The van der Waals surface area contributed by atoms with Crippen molar-refractivity contribution in [3.8, 4) is 0 Å². The van der Waals surface area contributed by atoms with Gasteiger partial charge in [0.25, 0.3) is 0 Å². The molecule has 0 amide bonds. The largest absolute Gasteiger partial charge is 0.360 e. The quantitative estimate of drug-likeness (QED) is 0.644. The Bertz CT molecular complexity index is 971. The molecule has 0 aliphatic rings. The maximum absolute atomic E-state index is 12.9. The van der Waals surface area contributed by atoms with E-state index in [1.54, 1.807) is 24.3 Å². The smallest absolute Gasteiger partial charge is 0.238 e. The zero-order valence-electron chi connectivity index (χ0n) is 13.7. The Balaban J connectivity index is 1.51. The zero-order valence-corrected chi connectivity index (χ0v) is 15.4. The maximum atomic E-state index is 12.9. The summed E-state index contributed by atoms with van der Waals surface area (Å²) in [5.74, 6) is -0.259. The van der Waals surface area contributed by atoms with E-state index in [2.05, 4.69) is 15.5 Å². The van der Waals surface area contributed by atoms with E-state index >= 15 is 0 Å². The van der Waals surface area contributed by atoms with E-state index in [1.807, 2.05) is 0 Å². The molecule has 0 aliphatic carbocycles. The number of halogens is 1. The summed E-state index contributed by atoms with van der Waals surface area (Å²) in [7, 11) is -3.66. The summed E-state index contributed by atoms with van der Waals surface area (Å²) in [5.41, 5.74) is 1.96. The van der Waals surface area contributed by atoms with Gasteiger partial charge in [-0.25, -0.2) is 17.9 Å². The van der Waals surface area contributed by atoms with Gasteiger partial charge in [0.05, 0.1) is 4.90 Å². The van der Waals surface area contributed by atoms with E-state index < -0.39 is 10.0 Å². The highest BCUT2D eigenvalue weighted by atomic mass is 32.2. The molecular formula is C17H17FN4O2S2. The average molecular weight is 392 g/mol. The minimum Gasteiger partial charge on any atom is -0.360 e. The fourth-order valence-corrected chi connectivity index (χ4v) is 3.65. The number of aromatic nitrogens is 2. The van der Waals surface area contributed by atoms with E-state index in [4.69, 9.17) is 5.14 Å². The minimum absolute atomic E-state index is 0.101. The number of anilines is 1. The van der Waals surface area contributed by atoms with E-state index in [-0.39, 0.29) is 10.7 Å². The Morgan fingerprint density at radius 1 is 1.00 bits per heavy atom. The van der Waals surface area contributed by atoms with Crippen molar-refractivity contribution in [2.24, 2.45) is 5.14 Å². The molecule has 6 nitrogen and oxygen atoms in total. The summed E-state index contributed by atoms with van der Waals surface area (Å²) in [6, 6.07) is 12.8. The predicted molar refractivity (Wildman–Crippen MR) is 99.1 cm³/mol. The Morgan fingerprint density at radius 3 is 2.31 bits per heavy atom. The van der Waals surface area contributed by atoms with Gasteiger partial charge < -0.3 is 5.32 Å². The summed E-state index contributed by atoms with van der Waals surface area (Å²) < 4.78 is 35.4. The Morgan fingerprint density at radius 2 is 1.65 bits per heavy atom. The molecule has 0 bridgehead atoms. The lowest BCUT2D eigenvalue weighted by molar-refractivity contribution is 0.597. The lowest BCUT2D eigenvalue weighted by atomic mass is 10.1. The average Bonchev–Trinajstić information content (AvgIpc) is 3.04. The molecule has 0 atom stereocenters. The molecule has 0 saturated carbocycles. The molecule has 0 unspecified atom stereocenters. The van der Waals surface area contributed by atoms with Crippen LogP contribution in [-0.4, -0.2) is 25.2 Å². The van der Waals surface area contributed by atoms with Crippen molar-refractivity contribution < 1.29 is 12.8 Å². The van der Waals surface area contributed by atoms with Gasteiger partial charge in [-0.2, -0.15) is 0 Å². The maximum Gasteiger partial charge on any atom is 0.238 e. The van der Waals surface area contributed by atoms with Crippen LogP contribution in [0.15, 0.2) is 53.4 Å². The van der Waals surface area contributed by atoms with Crippen LogP contribution in [0.1, 0.15) is 16.1 Å². The minimum atomic E-state index is -3.66. The SMILES string of the molecule is NS(=O)(=O)c1ccc(CCNc2nnc(Cc3ccc(F)cc3)s2)cc1. The van der Waals surface area contributed by atoms with Crippen LogP contribution in [0.2, 0.25) is 0 Å². The monoisotopic (exact) mass is 392 g/mol. The number of hydrogen-bond donors (Lipinski definition) is 2. The van der Waals surface area contributed by atoms with Crippen molar-refractivity contribution in [1.29, 1.82) is 0 Å². The van der Waals surface area contributed by atoms with Crippen molar-refractivity contribution in [2.45, 2.75) is 17.7 Å². The highest BCUT2D eigenvalue weighted by molar-refractivity contribution is 7.89. The van der Waals surface area contributed by atoms with E-state index in [9.17, 15) is 12.8 Å². The normalized spacial score (nSPS) is 11.5. The first kappa shape index (κ1) is 18.4. The highest BCUT2D eigenvalue weighted by Gasteiger charge is 2.07. The molecule has 26 heavy (non-hydrogen) atoms. The predicted octanol–water partition coefficient (Wildman–Crippen LogP) is 2.57. The van der Waals surface area contributed by atoms with Crippen molar-refractivity contribution in [3.63, 3.8) is 0 Å². The number of benzene rings is 2. The van der Waals surface area contributed by atoms with Crippen LogP contribution >= 0.6 is 11.3 Å². The first-order chi connectivity index (χ1) is 12.4. The molecule has 1 aromatic heterocycles. The molecule has 3 N–H and O–H groups in total. The second kappa shape index (κ2) is 7.90. The Kier molecular flexibility index (Phi) is 5.60. The fourth-order valence-electron chi connectivity index (χ4n) is 2.33. The molecule has 3 aromatic rings. The molecule has 0 aliphatic heterocycles. The fraction of sp³-hybridized carbons (Fsp3) is 0.176. The highest BCUT2D eigenvalue weighted by Crippen LogP contribution is 2.19. The molecule has 0 spiro atoms. The van der Waals surface area contributed by atoms with E-state index in [0.717, 1.165) is 16.1 Å². The van der Waals surface area contributed by atoms with Crippen molar-refractivity contribution >= 4 is 26.5 Å². The molecule has 0 radical (unpaired) electrons. The van der Waals surface area contributed by atoms with E-state index in [1.165, 1.54) is 35.6 Å². The third kappa shape index (κ3) is 5.07. The first-order valence-corrected chi connectivity index (χ1v) is 10.2. The second-order valence-corrected chi connectivity index (χ2v) is 8.29. The van der Waals surface area contributed by atoms with Gasteiger partial charge in [0.15, 0.2) is 0 Å². The Labute approximate surface area is 155 Å². The van der Waals surface area contributed by atoms with Gasteiger partial charge in [-0.15, -0.1) is 10.2 Å². The summed E-state index contributed by atoms with van der Waals surface area (Å²) in [6.45, 7) is 0.639. The van der Waals surface area contributed by atoms with Gasteiger partial charge in [-0.05, 0) is 41.8 Å². The van der Waals surface area contributed by atoms with Crippen LogP contribution in [0.5, 0.6) is 0 Å². The number of primary sulfonamides is 1. The van der Waals surface area contributed by atoms with Gasteiger partial charge in [0.2, 0.25) is 15.2 Å². The van der Waals surface area contributed by atoms with Crippen LogP contribution in [0.3, 0.4) is 0 Å². The summed E-state index contributed by atoms with van der Waals surface area (Å²) in [5, 5.41) is 18.1. The van der Waals surface area contributed by atoms with Gasteiger partial charge in [-0.3, -0.25) is 0 Å². The Hall–Kier alpha value is -2.36. The van der Waals surface area contributed by atoms with Gasteiger partial charge in [0, 0.05) is 13.0 Å². The number of nitrogens with zero attached hydrogens (tertiary/aromatic N) is 2. The third-order valence-electron chi connectivity index (χ3n) is 3.68. The van der Waals surface area contributed by atoms with Gasteiger partial charge in [0.1, 0.15) is 10.8 Å². The zero-order chi connectivity index (χ0) is 18.6. The van der Waals surface area contributed by atoms with Crippen molar-refractivity contribution in [1.82, 2.24) is 10.2 Å². The van der Waals surface area contributed by atoms with Crippen molar-refractivity contribution in [2.75, 3.05) is 11.9 Å². The third-order valence-corrected chi connectivity index (χ3v) is 5.49. The molecule has 0 saturated heterocycles. The molecule has 0 fully saturated rings. The van der Waals surface area contributed by atoms with Crippen LogP contribution in [-0.2, 0) is 22.9 Å². The van der Waals surface area contributed by atoms with Crippen molar-refractivity contribution in [3.05, 3.63) is 70.5 Å². The molecule has 1 heterocycles. The molecule has 9 heteroatoms. The standard InChI is InChI=1S/C17H17FN4O2S2/c18-14-5-1-13(2-6-14)11-16-21-22-17(25-16)20-10-9-12-3-7-15(8-4-12)26(19,23)24/h1-8H,9-11H2,(H,20,22)(H2,19,23,24). The molecule has 3 rings (SSSR count).